The predicted octanol–water partition coefficient (Wildman–Crippen LogP) is 3.92. The van der Waals surface area contributed by atoms with E-state index in [1.165, 1.54) is 9.87 Å². The number of sulfonamides is 1. The first-order chi connectivity index (χ1) is 14.1. The number of hydrogen-bond acceptors (Lipinski definition) is 6. The highest BCUT2D eigenvalue weighted by Gasteiger charge is 2.28. The van der Waals surface area contributed by atoms with E-state index in [1.807, 2.05) is 42.5 Å². The molecule has 4 rings (SSSR count). The Kier molecular flexibility index (Phi) is 6.01. The molecule has 3 aromatic rings. The first-order valence-corrected chi connectivity index (χ1v) is 12.0. The van der Waals surface area contributed by atoms with E-state index in [0.29, 0.717) is 25.3 Å². The van der Waals surface area contributed by atoms with Crippen LogP contribution in [0.15, 0.2) is 72.0 Å². The molecule has 1 fully saturated rings. The molecule has 0 amide bonds. The summed E-state index contributed by atoms with van der Waals surface area (Å²) < 4.78 is 25.8. The summed E-state index contributed by atoms with van der Waals surface area (Å²) in [6, 6.07) is 17.9. The maximum Gasteiger partial charge on any atom is 0.235 e. The lowest BCUT2D eigenvalue weighted by molar-refractivity contribution is 0.599. The highest BCUT2D eigenvalue weighted by Crippen LogP contribution is 2.25. The molecule has 150 valence electrons. The van der Waals surface area contributed by atoms with E-state index in [9.17, 15) is 8.42 Å². The van der Waals surface area contributed by atoms with Crippen molar-refractivity contribution in [1.82, 2.24) is 9.97 Å². The SMILES string of the molecule is O=S1(=O)CCCN1c1cccc(CNc2cncc(SCc3ccccc3)n2)c1. The van der Waals surface area contributed by atoms with Crippen LogP contribution in [0.4, 0.5) is 11.5 Å². The standard InChI is InChI=1S/C21H22N4O2S2/c26-29(27)11-5-10-25(29)19-9-4-8-18(12-19)13-23-20-14-22-15-21(24-20)28-16-17-6-2-1-3-7-17/h1-4,6-9,12,14-15H,5,10-11,13,16H2,(H,23,24). The Morgan fingerprint density at radius 1 is 1.03 bits per heavy atom. The van der Waals surface area contributed by atoms with Crippen molar-refractivity contribution in [1.29, 1.82) is 0 Å². The molecular weight excluding hydrogens is 404 g/mol. The molecule has 1 N–H and O–H groups in total. The average molecular weight is 427 g/mol. The minimum absolute atomic E-state index is 0.221. The van der Waals surface area contributed by atoms with E-state index < -0.39 is 10.0 Å². The van der Waals surface area contributed by atoms with Gasteiger partial charge in [-0.05, 0) is 29.7 Å². The molecule has 2 heterocycles. The zero-order valence-electron chi connectivity index (χ0n) is 15.9. The molecule has 0 spiro atoms. The van der Waals surface area contributed by atoms with Gasteiger partial charge in [0.2, 0.25) is 10.0 Å². The Morgan fingerprint density at radius 3 is 2.66 bits per heavy atom. The molecule has 0 aliphatic carbocycles. The zero-order chi connectivity index (χ0) is 20.1. The summed E-state index contributed by atoms with van der Waals surface area (Å²) in [6.45, 7) is 1.09. The third kappa shape index (κ3) is 5.07. The number of anilines is 2. The van der Waals surface area contributed by atoms with E-state index in [4.69, 9.17) is 0 Å². The predicted molar refractivity (Wildman–Crippen MR) is 118 cm³/mol. The maximum absolute atomic E-state index is 12.1. The Labute approximate surface area is 175 Å². The van der Waals surface area contributed by atoms with E-state index >= 15 is 0 Å². The second-order valence-corrected chi connectivity index (χ2v) is 9.79. The van der Waals surface area contributed by atoms with E-state index in [2.05, 4.69) is 27.4 Å². The topological polar surface area (TPSA) is 75.2 Å². The van der Waals surface area contributed by atoms with Crippen molar-refractivity contribution < 1.29 is 8.42 Å². The van der Waals surface area contributed by atoms with Crippen LogP contribution in [0.5, 0.6) is 0 Å². The van der Waals surface area contributed by atoms with Crippen LogP contribution in [0, 0.1) is 0 Å². The molecule has 1 aromatic heterocycles. The number of nitrogens with zero attached hydrogens (tertiary/aromatic N) is 3. The van der Waals surface area contributed by atoms with Crippen LogP contribution in [-0.2, 0) is 22.3 Å². The fourth-order valence-electron chi connectivity index (χ4n) is 3.18. The van der Waals surface area contributed by atoms with Crippen LogP contribution in [0.1, 0.15) is 17.5 Å². The smallest absolute Gasteiger partial charge is 0.235 e. The number of hydrogen-bond donors (Lipinski definition) is 1. The molecule has 1 aliphatic heterocycles. The molecule has 6 nitrogen and oxygen atoms in total. The van der Waals surface area contributed by atoms with Crippen LogP contribution in [-0.4, -0.2) is 30.7 Å². The van der Waals surface area contributed by atoms with Gasteiger partial charge in [0.25, 0.3) is 0 Å². The average Bonchev–Trinajstić information content (AvgIpc) is 3.11. The van der Waals surface area contributed by atoms with E-state index in [1.54, 1.807) is 24.2 Å². The second-order valence-electron chi connectivity index (χ2n) is 6.78. The monoisotopic (exact) mass is 426 g/mol. The Hall–Kier alpha value is -2.58. The molecule has 0 bridgehead atoms. The molecule has 0 radical (unpaired) electrons. The van der Waals surface area contributed by atoms with Crippen LogP contribution >= 0.6 is 11.8 Å². The van der Waals surface area contributed by atoms with Gasteiger partial charge in [-0.1, -0.05) is 42.5 Å². The quantitative estimate of drug-likeness (QED) is 0.577. The van der Waals surface area contributed by atoms with Gasteiger partial charge in [0.1, 0.15) is 10.8 Å². The van der Waals surface area contributed by atoms with Crippen molar-refractivity contribution in [2.75, 3.05) is 21.9 Å². The Balaban J connectivity index is 1.39. The molecular formula is C21H22N4O2S2. The van der Waals surface area contributed by atoms with Gasteiger partial charge in [-0.3, -0.25) is 9.29 Å². The van der Waals surface area contributed by atoms with Gasteiger partial charge in [0.15, 0.2) is 0 Å². The first kappa shape index (κ1) is 19.7. The molecule has 29 heavy (non-hydrogen) atoms. The van der Waals surface area contributed by atoms with Gasteiger partial charge in [-0.15, -0.1) is 11.8 Å². The summed E-state index contributed by atoms with van der Waals surface area (Å²) in [7, 11) is -3.17. The minimum Gasteiger partial charge on any atom is -0.365 e. The Morgan fingerprint density at radius 2 is 1.86 bits per heavy atom. The number of aromatic nitrogens is 2. The van der Waals surface area contributed by atoms with E-state index in [0.717, 1.165) is 22.0 Å². The van der Waals surface area contributed by atoms with Gasteiger partial charge in [-0.2, -0.15) is 0 Å². The molecule has 0 saturated carbocycles. The Bertz CT molecular complexity index is 1070. The largest absolute Gasteiger partial charge is 0.365 e. The maximum atomic E-state index is 12.1. The van der Waals surface area contributed by atoms with Gasteiger partial charge in [0.05, 0.1) is 23.8 Å². The van der Waals surface area contributed by atoms with Gasteiger partial charge >= 0.3 is 0 Å². The van der Waals surface area contributed by atoms with Crippen LogP contribution in [0.3, 0.4) is 0 Å². The zero-order valence-corrected chi connectivity index (χ0v) is 17.5. The van der Waals surface area contributed by atoms with Crippen LogP contribution < -0.4 is 9.62 Å². The number of thioether (sulfide) groups is 1. The van der Waals surface area contributed by atoms with Crippen LogP contribution in [0.2, 0.25) is 0 Å². The van der Waals surface area contributed by atoms with Crippen molar-refractivity contribution in [3.05, 3.63) is 78.1 Å². The summed E-state index contributed by atoms with van der Waals surface area (Å²) in [6.07, 6.45) is 4.13. The summed E-state index contributed by atoms with van der Waals surface area (Å²) in [5.41, 5.74) is 2.96. The lowest BCUT2D eigenvalue weighted by Gasteiger charge is -2.17. The minimum atomic E-state index is -3.17. The summed E-state index contributed by atoms with van der Waals surface area (Å²) >= 11 is 1.64. The lowest BCUT2D eigenvalue weighted by atomic mass is 10.2. The highest BCUT2D eigenvalue weighted by atomic mass is 32.2. The number of nitrogens with one attached hydrogen (secondary N) is 1. The van der Waals surface area contributed by atoms with Crippen LogP contribution in [0.25, 0.3) is 0 Å². The number of benzene rings is 2. The summed E-state index contributed by atoms with van der Waals surface area (Å²) in [5, 5.41) is 4.14. The third-order valence-electron chi connectivity index (χ3n) is 4.61. The van der Waals surface area contributed by atoms with Crippen molar-refractivity contribution >= 4 is 33.3 Å². The summed E-state index contributed by atoms with van der Waals surface area (Å²) in [4.78, 5) is 8.88. The third-order valence-corrected chi connectivity index (χ3v) is 7.45. The van der Waals surface area contributed by atoms with E-state index in [-0.39, 0.29) is 5.75 Å². The molecule has 2 aromatic carbocycles. The fourth-order valence-corrected chi connectivity index (χ4v) is 5.54. The molecule has 8 heteroatoms. The molecule has 0 atom stereocenters. The van der Waals surface area contributed by atoms with Gasteiger partial charge in [0, 0.05) is 18.8 Å². The number of rotatable bonds is 7. The molecule has 1 aliphatic rings. The van der Waals surface area contributed by atoms with Crippen molar-refractivity contribution in [2.45, 2.75) is 23.7 Å². The van der Waals surface area contributed by atoms with Gasteiger partial charge in [-0.25, -0.2) is 13.4 Å². The lowest BCUT2D eigenvalue weighted by Crippen LogP contribution is -2.25. The second kappa shape index (κ2) is 8.84. The van der Waals surface area contributed by atoms with Gasteiger partial charge < -0.3 is 5.32 Å². The molecule has 0 unspecified atom stereocenters. The summed E-state index contributed by atoms with van der Waals surface area (Å²) in [5.74, 6) is 1.76. The fraction of sp³-hybridized carbons (Fsp3) is 0.238. The highest BCUT2D eigenvalue weighted by molar-refractivity contribution is 7.98. The van der Waals surface area contributed by atoms with Crippen molar-refractivity contribution in [3.63, 3.8) is 0 Å². The molecule has 1 saturated heterocycles. The normalized spacial score (nSPS) is 15.4. The van der Waals surface area contributed by atoms with Crippen molar-refractivity contribution in [2.24, 2.45) is 0 Å². The first-order valence-electron chi connectivity index (χ1n) is 9.42. The van der Waals surface area contributed by atoms with Crippen molar-refractivity contribution in [3.8, 4) is 0 Å².